The van der Waals surface area contributed by atoms with Crippen molar-refractivity contribution >= 4 is 5.91 Å². The molecule has 0 atom stereocenters. The smallest absolute Gasteiger partial charge is 0.221 e. The van der Waals surface area contributed by atoms with Crippen LogP contribution >= 0.6 is 0 Å². The highest BCUT2D eigenvalue weighted by atomic mass is 16.5. The first kappa shape index (κ1) is 13.4. The van der Waals surface area contributed by atoms with Gasteiger partial charge >= 0.3 is 0 Å². The van der Waals surface area contributed by atoms with Crippen LogP contribution in [0.5, 0.6) is 0 Å². The molecular weight excluding hydrogens is 180 g/mol. The third-order valence-electron chi connectivity index (χ3n) is 1.62. The Morgan fingerprint density at radius 3 is 2.43 bits per heavy atom. The molecule has 1 amide bonds. The second kappa shape index (κ2) is 6.79. The lowest BCUT2D eigenvalue weighted by Gasteiger charge is -2.19. The van der Waals surface area contributed by atoms with E-state index in [0.29, 0.717) is 19.6 Å². The maximum atomic E-state index is 10.8. The molecule has 4 heteroatoms. The zero-order valence-electron chi connectivity index (χ0n) is 9.64. The minimum Gasteiger partial charge on any atom is -0.375 e. The van der Waals surface area contributed by atoms with Crippen molar-refractivity contribution in [3.8, 4) is 0 Å². The molecular formula is C10H22N2O2. The van der Waals surface area contributed by atoms with Gasteiger partial charge in [0.1, 0.15) is 0 Å². The SMILES string of the molecule is CNC(=O)CCNCCOC(C)(C)C. The lowest BCUT2D eigenvalue weighted by atomic mass is 10.2. The number of carbonyl (C=O) groups is 1. The van der Waals surface area contributed by atoms with Gasteiger partial charge in [-0.2, -0.15) is 0 Å². The molecule has 0 fully saturated rings. The van der Waals surface area contributed by atoms with E-state index in [9.17, 15) is 4.79 Å². The van der Waals surface area contributed by atoms with Crippen LogP contribution in [0.15, 0.2) is 0 Å². The van der Waals surface area contributed by atoms with Crippen molar-refractivity contribution in [2.45, 2.75) is 32.8 Å². The van der Waals surface area contributed by atoms with Crippen molar-refractivity contribution in [2.24, 2.45) is 0 Å². The Kier molecular flexibility index (Phi) is 6.49. The summed E-state index contributed by atoms with van der Waals surface area (Å²) in [6.07, 6.45) is 0.520. The third-order valence-corrected chi connectivity index (χ3v) is 1.62. The fraction of sp³-hybridized carbons (Fsp3) is 0.900. The lowest BCUT2D eigenvalue weighted by molar-refractivity contribution is -0.120. The Morgan fingerprint density at radius 1 is 1.29 bits per heavy atom. The van der Waals surface area contributed by atoms with E-state index in [0.717, 1.165) is 6.54 Å². The molecule has 2 N–H and O–H groups in total. The number of amides is 1. The van der Waals surface area contributed by atoms with E-state index in [1.165, 1.54) is 0 Å². The first-order chi connectivity index (χ1) is 6.45. The second-order valence-electron chi connectivity index (χ2n) is 4.13. The summed E-state index contributed by atoms with van der Waals surface area (Å²) in [5.74, 6) is 0.0641. The van der Waals surface area contributed by atoms with Crippen molar-refractivity contribution in [3.05, 3.63) is 0 Å². The molecule has 84 valence electrons. The van der Waals surface area contributed by atoms with E-state index in [2.05, 4.69) is 10.6 Å². The minimum absolute atomic E-state index is 0.0641. The molecule has 4 nitrogen and oxygen atoms in total. The molecule has 0 heterocycles. The average molecular weight is 202 g/mol. The summed E-state index contributed by atoms with van der Waals surface area (Å²) in [7, 11) is 1.64. The summed E-state index contributed by atoms with van der Waals surface area (Å²) < 4.78 is 5.50. The normalized spacial score (nSPS) is 11.4. The van der Waals surface area contributed by atoms with Gasteiger partial charge in [0.05, 0.1) is 12.2 Å². The first-order valence-corrected chi connectivity index (χ1v) is 5.01. The highest BCUT2D eigenvalue weighted by Gasteiger charge is 2.08. The van der Waals surface area contributed by atoms with Gasteiger partial charge in [-0.05, 0) is 20.8 Å². The number of nitrogens with one attached hydrogen (secondary N) is 2. The van der Waals surface area contributed by atoms with Crippen LogP contribution in [0, 0.1) is 0 Å². The summed E-state index contributed by atoms with van der Waals surface area (Å²) >= 11 is 0. The number of hydrogen-bond donors (Lipinski definition) is 2. The van der Waals surface area contributed by atoms with E-state index in [4.69, 9.17) is 4.74 Å². The second-order valence-corrected chi connectivity index (χ2v) is 4.13. The van der Waals surface area contributed by atoms with E-state index >= 15 is 0 Å². The number of rotatable bonds is 6. The molecule has 14 heavy (non-hydrogen) atoms. The predicted molar refractivity (Wildman–Crippen MR) is 57.3 cm³/mol. The van der Waals surface area contributed by atoms with Gasteiger partial charge in [-0.1, -0.05) is 0 Å². The fourth-order valence-corrected chi connectivity index (χ4v) is 0.881. The maximum Gasteiger partial charge on any atom is 0.221 e. The monoisotopic (exact) mass is 202 g/mol. The van der Waals surface area contributed by atoms with Crippen LogP contribution in [0.2, 0.25) is 0 Å². The predicted octanol–water partition coefficient (Wildman–Crippen LogP) is 0.527. The van der Waals surface area contributed by atoms with Crippen molar-refractivity contribution in [1.29, 1.82) is 0 Å². The largest absolute Gasteiger partial charge is 0.375 e. The Bertz CT molecular complexity index is 164. The number of ether oxygens (including phenoxy) is 1. The van der Waals surface area contributed by atoms with Crippen LogP contribution in [0.25, 0.3) is 0 Å². The molecule has 0 aromatic heterocycles. The van der Waals surface area contributed by atoms with Crippen molar-refractivity contribution in [3.63, 3.8) is 0 Å². The minimum atomic E-state index is -0.0809. The van der Waals surface area contributed by atoms with Gasteiger partial charge < -0.3 is 15.4 Å². The van der Waals surface area contributed by atoms with Crippen molar-refractivity contribution in [1.82, 2.24) is 10.6 Å². The fourth-order valence-electron chi connectivity index (χ4n) is 0.881. The summed E-state index contributed by atoms with van der Waals surface area (Å²) in [5, 5.41) is 5.71. The molecule has 0 aromatic rings. The zero-order valence-corrected chi connectivity index (χ0v) is 9.64. The van der Waals surface area contributed by atoms with Gasteiger partial charge in [-0.25, -0.2) is 0 Å². The number of hydrogen-bond acceptors (Lipinski definition) is 3. The highest BCUT2D eigenvalue weighted by molar-refractivity contribution is 5.75. The molecule has 0 aliphatic carbocycles. The van der Waals surface area contributed by atoms with Gasteiger partial charge in [0.25, 0.3) is 0 Å². The topological polar surface area (TPSA) is 50.4 Å². The van der Waals surface area contributed by atoms with Crippen LogP contribution in [-0.4, -0.2) is 38.3 Å². The first-order valence-electron chi connectivity index (χ1n) is 5.01. The Hall–Kier alpha value is -0.610. The lowest BCUT2D eigenvalue weighted by Crippen LogP contribution is -2.29. The Labute approximate surface area is 86.4 Å². The van der Waals surface area contributed by atoms with Crippen molar-refractivity contribution < 1.29 is 9.53 Å². The molecule has 0 unspecified atom stereocenters. The molecule has 0 radical (unpaired) electrons. The quantitative estimate of drug-likeness (QED) is 0.618. The van der Waals surface area contributed by atoms with Gasteiger partial charge in [0.2, 0.25) is 5.91 Å². The Morgan fingerprint density at radius 2 is 1.93 bits per heavy atom. The van der Waals surface area contributed by atoms with Crippen LogP contribution in [0.4, 0.5) is 0 Å². The van der Waals surface area contributed by atoms with Gasteiger partial charge in [0.15, 0.2) is 0 Å². The molecule has 0 saturated heterocycles. The molecule has 0 aromatic carbocycles. The van der Waals surface area contributed by atoms with Gasteiger partial charge in [-0.15, -0.1) is 0 Å². The molecule has 0 spiro atoms. The van der Waals surface area contributed by atoms with E-state index in [1.807, 2.05) is 20.8 Å². The van der Waals surface area contributed by atoms with Crippen molar-refractivity contribution in [2.75, 3.05) is 26.7 Å². The standard InChI is InChI=1S/C10H22N2O2/c1-10(2,3)14-8-7-12-6-5-9(13)11-4/h12H,5-8H2,1-4H3,(H,11,13). The van der Waals surface area contributed by atoms with Crippen LogP contribution < -0.4 is 10.6 Å². The summed E-state index contributed by atoms with van der Waals surface area (Å²) in [4.78, 5) is 10.8. The van der Waals surface area contributed by atoms with Gasteiger partial charge in [-0.3, -0.25) is 4.79 Å². The molecule has 0 aliphatic rings. The molecule has 0 bridgehead atoms. The molecule has 0 saturated carbocycles. The summed E-state index contributed by atoms with van der Waals surface area (Å²) in [6.45, 7) is 8.24. The molecule has 0 aliphatic heterocycles. The zero-order chi connectivity index (χ0) is 11.0. The van der Waals surface area contributed by atoms with E-state index in [1.54, 1.807) is 7.05 Å². The van der Waals surface area contributed by atoms with Crippen LogP contribution in [0.3, 0.4) is 0 Å². The summed E-state index contributed by atoms with van der Waals surface area (Å²) in [5.41, 5.74) is -0.0809. The van der Waals surface area contributed by atoms with E-state index < -0.39 is 0 Å². The third kappa shape index (κ3) is 9.48. The van der Waals surface area contributed by atoms with E-state index in [-0.39, 0.29) is 11.5 Å². The summed E-state index contributed by atoms with van der Waals surface area (Å²) in [6, 6.07) is 0. The van der Waals surface area contributed by atoms with Crippen LogP contribution in [0.1, 0.15) is 27.2 Å². The van der Waals surface area contributed by atoms with Gasteiger partial charge in [0, 0.05) is 26.6 Å². The molecule has 0 rings (SSSR count). The number of carbonyl (C=O) groups excluding carboxylic acids is 1. The van der Waals surface area contributed by atoms with Crippen LogP contribution in [-0.2, 0) is 9.53 Å². The maximum absolute atomic E-state index is 10.8. The Balaban J connectivity index is 3.18. The highest BCUT2D eigenvalue weighted by Crippen LogP contribution is 2.04. The average Bonchev–Trinajstić information content (AvgIpc) is 2.08.